The molecule has 220 valence electrons. The first-order valence-corrected chi connectivity index (χ1v) is 14.6. The Morgan fingerprint density at radius 2 is 1.93 bits per heavy atom. The van der Waals surface area contributed by atoms with Crippen LogP contribution in [0.2, 0.25) is 0 Å². The highest BCUT2D eigenvalue weighted by molar-refractivity contribution is 5.93. The number of nitrogens with two attached hydrogens (primary N) is 1. The first-order valence-electron chi connectivity index (χ1n) is 14.6. The summed E-state index contributed by atoms with van der Waals surface area (Å²) >= 11 is 0. The van der Waals surface area contributed by atoms with Crippen molar-refractivity contribution in [3.63, 3.8) is 0 Å². The summed E-state index contributed by atoms with van der Waals surface area (Å²) in [5.74, 6) is 0.163. The van der Waals surface area contributed by atoms with Crippen molar-refractivity contribution >= 4 is 23.5 Å². The van der Waals surface area contributed by atoms with E-state index in [0.29, 0.717) is 44.1 Å². The van der Waals surface area contributed by atoms with Crippen LogP contribution in [0, 0.1) is 5.41 Å². The van der Waals surface area contributed by atoms with Gasteiger partial charge >= 0.3 is 5.91 Å². The number of hydrogen-bond donors (Lipinski definition) is 2. The molecule has 4 rings (SSSR count). The summed E-state index contributed by atoms with van der Waals surface area (Å²) in [5.41, 5.74) is 1.03. The minimum absolute atomic E-state index is 0.0514. The maximum absolute atomic E-state index is 14.0. The molecule has 41 heavy (non-hydrogen) atoms. The summed E-state index contributed by atoms with van der Waals surface area (Å²) in [6.45, 7) is 12.0. The first kappa shape index (κ1) is 30.3. The van der Waals surface area contributed by atoms with Crippen LogP contribution in [0.1, 0.15) is 63.5 Å². The molecule has 0 spiro atoms. The van der Waals surface area contributed by atoms with E-state index in [9.17, 15) is 14.4 Å². The molecule has 3 heterocycles. The molecule has 0 unspecified atom stereocenters. The SMILES string of the molecule is CCN[C@@H](C)C(=O)[NH2+][C@H](C(=O)N1CCC[C@H]1CN(CCc1ccccc1)C(=O)c1cn2cccnc2n1)C(C)(C)C. The fraction of sp³-hybridized carbons (Fsp3) is 0.516. The van der Waals surface area contributed by atoms with Crippen LogP contribution in [0.5, 0.6) is 0 Å². The molecule has 0 saturated carbocycles. The number of quaternary nitrogens is 1. The number of carbonyl (C=O) groups excluding carboxylic acids is 3. The zero-order valence-corrected chi connectivity index (χ0v) is 24.9. The Balaban J connectivity index is 1.55. The molecule has 1 aliphatic rings. The number of rotatable bonds is 11. The van der Waals surface area contributed by atoms with Crippen LogP contribution in [0.15, 0.2) is 55.0 Å². The van der Waals surface area contributed by atoms with Crippen molar-refractivity contribution in [2.45, 2.75) is 72.0 Å². The summed E-state index contributed by atoms with van der Waals surface area (Å²) in [4.78, 5) is 53.3. The number of benzene rings is 1. The van der Waals surface area contributed by atoms with E-state index in [0.717, 1.165) is 18.4 Å². The van der Waals surface area contributed by atoms with Gasteiger partial charge in [0.05, 0.1) is 0 Å². The molecule has 0 aliphatic carbocycles. The van der Waals surface area contributed by atoms with E-state index in [1.54, 1.807) is 28.2 Å². The van der Waals surface area contributed by atoms with Gasteiger partial charge in [-0.2, -0.15) is 0 Å². The quantitative estimate of drug-likeness (QED) is 0.369. The zero-order chi connectivity index (χ0) is 29.6. The number of amides is 3. The Morgan fingerprint density at radius 3 is 2.61 bits per heavy atom. The second-order valence-electron chi connectivity index (χ2n) is 12.0. The average Bonchev–Trinajstić information content (AvgIpc) is 3.60. The monoisotopic (exact) mass is 562 g/mol. The number of likely N-dealkylation sites (tertiary alicyclic amines) is 1. The second kappa shape index (κ2) is 13.4. The average molecular weight is 563 g/mol. The number of imidazole rings is 1. The predicted octanol–water partition coefficient (Wildman–Crippen LogP) is 1.91. The highest BCUT2D eigenvalue weighted by atomic mass is 16.2. The minimum Gasteiger partial charge on any atom is -0.335 e. The lowest BCUT2D eigenvalue weighted by molar-refractivity contribution is -0.608. The smallest absolute Gasteiger partial charge is 0.327 e. The molecule has 3 amide bonds. The molecule has 10 nitrogen and oxygen atoms in total. The third kappa shape index (κ3) is 7.56. The molecule has 0 bridgehead atoms. The number of hydrogen-bond acceptors (Lipinski definition) is 6. The highest BCUT2D eigenvalue weighted by Crippen LogP contribution is 2.25. The van der Waals surface area contributed by atoms with Crippen LogP contribution >= 0.6 is 0 Å². The Hall–Kier alpha value is -3.63. The largest absolute Gasteiger partial charge is 0.335 e. The summed E-state index contributed by atoms with van der Waals surface area (Å²) in [6.07, 6.45) is 7.52. The molecule has 0 radical (unpaired) electrons. The van der Waals surface area contributed by atoms with Gasteiger partial charge in [-0.1, -0.05) is 58.0 Å². The maximum atomic E-state index is 14.0. The van der Waals surface area contributed by atoms with Crippen molar-refractivity contribution in [1.82, 2.24) is 29.5 Å². The van der Waals surface area contributed by atoms with Gasteiger partial charge in [0.2, 0.25) is 5.78 Å². The molecule has 1 aliphatic heterocycles. The minimum atomic E-state index is -0.560. The van der Waals surface area contributed by atoms with Crippen LogP contribution in [-0.2, 0) is 16.0 Å². The van der Waals surface area contributed by atoms with Gasteiger partial charge < -0.3 is 15.1 Å². The standard InChI is InChI=1S/C31H43N7O3/c1-6-32-22(2)27(39)35-26(31(3,4)5)29(41)38-18-10-14-24(38)20-36(19-15-23-12-8-7-9-13-23)28(40)25-21-37-17-11-16-33-30(37)34-25/h7-9,11-13,16-17,21-22,24,26,32H,6,10,14-15,18-20H2,1-5H3,(H,35,39)/p+1/t22-,24-,26+/m0/s1. The molecule has 1 saturated heterocycles. The van der Waals surface area contributed by atoms with Crippen molar-refractivity contribution in [2.75, 3.05) is 26.2 Å². The Bertz CT molecular complexity index is 1300. The zero-order valence-electron chi connectivity index (χ0n) is 24.9. The van der Waals surface area contributed by atoms with Gasteiger partial charge in [0, 0.05) is 49.7 Å². The van der Waals surface area contributed by atoms with Crippen LogP contribution in [0.3, 0.4) is 0 Å². The van der Waals surface area contributed by atoms with E-state index in [2.05, 4.69) is 27.4 Å². The van der Waals surface area contributed by atoms with Crippen LogP contribution in [0.4, 0.5) is 0 Å². The second-order valence-corrected chi connectivity index (χ2v) is 12.0. The van der Waals surface area contributed by atoms with Crippen molar-refractivity contribution in [3.05, 3.63) is 66.2 Å². The Labute approximate surface area is 242 Å². The molecule has 3 N–H and O–H groups in total. The number of nitrogens with one attached hydrogen (secondary N) is 1. The van der Waals surface area contributed by atoms with Crippen molar-refractivity contribution < 1.29 is 19.7 Å². The summed E-state index contributed by atoms with van der Waals surface area (Å²) in [7, 11) is 0. The molecule has 3 atom stereocenters. The normalized spacial score (nSPS) is 17.0. The molecular formula is C31H44N7O3+. The van der Waals surface area contributed by atoms with Gasteiger partial charge in [-0.05, 0) is 44.4 Å². The van der Waals surface area contributed by atoms with Crippen LogP contribution in [-0.4, -0.2) is 86.2 Å². The predicted molar refractivity (Wildman–Crippen MR) is 157 cm³/mol. The summed E-state index contributed by atoms with van der Waals surface area (Å²) in [6, 6.07) is 10.8. The lowest BCUT2D eigenvalue weighted by atomic mass is 9.85. The van der Waals surface area contributed by atoms with Crippen LogP contribution in [0.25, 0.3) is 5.78 Å². The van der Waals surface area contributed by atoms with Crippen molar-refractivity contribution in [1.29, 1.82) is 0 Å². The third-order valence-electron chi connectivity index (χ3n) is 7.81. The Morgan fingerprint density at radius 1 is 1.17 bits per heavy atom. The van der Waals surface area contributed by atoms with E-state index >= 15 is 0 Å². The number of fused-ring (bicyclic) bond motifs is 1. The fourth-order valence-electron chi connectivity index (χ4n) is 5.44. The van der Waals surface area contributed by atoms with E-state index in [-0.39, 0.29) is 29.8 Å². The third-order valence-corrected chi connectivity index (χ3v) is 7.81. The molecule has 1 aromatic carbocycles. The first-order chi connectivity index (χ1) is 19.6. The number of nitrogens with zero attached hydrogens (tertiary/aromatic N) is 5. The fourth-order valence-corrected chi connectivity index (χ4v) is 5.44. The summed E-state index contributed by atoms with van der Waals surface area (Å²) < 4.78 is 1.74. The lowest BCUT2D eigenvalue weighted by Gasteiger charge is -2.35. The number of likely N-dealkylation sites (N-methyl/N-ethyl adjacent to an activating group) is 1. The van der Waals surface area contributed by atoms with E-state index < -0.39 is 11.5 Å². The van der Waals surface area contributed by atoms with Crippen molar-refractivity contribution in [3.8, 4) is 0 Å². The summed E-state index contributed by atoms with van der Waals surface area (Å²) in [5, 5.41) is 4.75. The van der Waals surface area contributed by atoms with Gasteiger partial charge in [-0.15, -0.1) is 0 Å². The molecule has 2 aromatic heterocycles. The van der Waals surface area contributed by atoms with E-state index in [1.165, 1.54) is 0 Å². The van der Waals surface area contributed by atoms with E-state index in [1.807, 2.05) is 68.8 Å². The molecule has 1 fully saturated rings. The van der Waals surface area contributed by atoms with Crippen molar-refractivity contribution in [2.24, 2.45) is 5.41 Å². The van der Waals surface area contributed by atoms with Gasteiger partial charge in [0.15, 0.2) is 6.04 Å². The van der Waals surface area contributed by atoms with Crippen LogP contribution < -0.4 is 10.6 Å². The lowest BCUT2D eigenvalue weighted by Crippen LogP contribution is -3.00. The highest BCUT2D eigenvalue weighted by Gasteiger charge is 2.43. The van der Waals surface area contributed by atoms with Gasteiger partial charge in [-0.25, -0.2) is 14.8 Å². The number of aromatic nitrogens is 3. The molecule has 10 heteroatoms. The van der Waals surface area contributed by atoms with Gasteiger partial charge in [0.25, 0.3) is 11.8 Å². The van der Waals surface area contributed by atoms with Gasteiger partial charge in [-0.3, -0.25) is 19.3 Å². The molecule has 3 aromatic rings. The maximum Gasteiger partial charge on any atom is 0.327 e. The Kier molecular flexibility index (Phi) is 9.88. The van der Waals surface area contributed by atoms with Gasteiger partial charge in [0.1, 0.15) is 11.7 Å². The molecular weight excluding hydrogens is 518 g/mol. The van der Waals surface area contributed by atoms with E-state index in [4.69, 9.17) is 0 Å². The topological polar surface area (TPSA) is 117 Å². The number of primary amides is 1. The number of carbonyl (C=O) groups is 3.